The second kappa shape index (κ2) is 7.48. The molecule has 1 aromatic rings. The molecule has 0 aromatic heterocycles. The van der Waals surface area contributed by atoms with Crippen molar-refractivity contribution in [3.05, 3.63) is 34.1 Å². The molecule has 18 heavy (non-hydrogen) atoms. The highest BCUT2D eigenvalue weighted by atomic mass is 79.9. The fraction of sp³-hybridized carbons (Fsp3) is 0.462. The monoisotopic (exact) mass is 316 g/mol. The molecule has 0 radical (unpaired) electrons. The van der Waals surface area contributed by atoms with E-state index in [4.69, 9.17) is 0 Å². The topological polar surface area (TPSA) is 41.1 Å². The summed E-state index contributed by atoms with van der Waals surface area (Å²) in [4.78, 5) is 11.7. The summed E-state index contributed by atoms with van der Waals surface area (Å²) in [6.45, 7) is 3.57. The van der Waals surface area contributed by atoms with Gasteiger partial charge in [0.2, 0.25) is 5.91 Å². The molecule has 0 aliphatic carbocycles. The van der Waals surface area contributed by atoms with Crippen LogP contribution in [0.2, 0.25) is 0 Å². The standard InChI is InChI=1S/C13H18BrFN2O/c1-9(7-16-2)8-17-13(18)6-10-3-4-12(15)11(14)5-10/h3-5,9,16H,6-8H2,1-2H3,(H,17,18)/t9-/m1/s1. The molecule has 0 saturated heterocycles. The summed E-state index contributed by atoms with van der Waals surface area (Å²) < 4.78 is 13.4. The zero-order chi connectivity index (χ0) is 13.5. The Bertz CT molecular complexity index is 412. The van der Waals surface area contributed by atoms with E-state index in [2.05, 4.69) is 33.5 Å². The molecule has 1 atom stereocenters. The summed E-state index contributed by atoms with van der Waals surface area (Å²) in [6.07, 6.45) is 0.269. The maximum Gasteiger partial charge on any atom is 0.224 e. The van der Waals surface area contributed by atoms with Gasteiger partial charge in [0, 0.05) is 6.54 Å². The first-order chi connectivity index (χ1) is 8.52. The van der Waals surface area contributed by atoms with Crippen LogP contribution >= 0.6 is 15.9 Å². The summed E-state index contributed by atoms with van der Waals surface area (Å²) in [5.41, 5.74) is 0.794. The Morgan fingerprint density at radius 3 is 2.78 bits per heavy atom. The van der Waals surface area contributed by atoms with Gasteiger partial charge < -0.3 is 10.6 Å². The Balaban J connectivity index is 2.42. The molecule has 0 aliphatic heterocycles. The van der Waals surface area contributed by atoms with E-state index in [1.807, 2.05) is 7.05 Å². The van der Waals surface area contributed by atoms with Crippen LogP contribution in [0.5, 0.6) is 0 Å². The molecular weight excluding hydrogens is 299 g/mol. The third kappa shape index (κ3) is 5.14. The lowest BCUT2D eigenvalue weighted by molar-refractivity contribution is -0.120. The first-order valence-corrected chi connectivity index (χ1v) is 6.67. The largest absolute Gasteiger partial charge is 0.355 e. The molecular formula is C13H18BrFN2O. The molecule has 0 fully saturated rings. The van der Waals surface area contributed by atoms with E-state index < -0.39 is 0 Å². The number of benzene rings is 1. The quantitative estimate of drug-likeness (QED) is 0.844. The van der Waals surface area contributed by atoms with Gasteiger partial charge >= 0.3 is 0 Å². The lowest BCUT2D eigenvalue weighted by Gasteiger charge is -2.12. The Hall–Kier alpha value is -0.940. The molecule has 1 amide bonds. The average molecular weight is 317 g/mol. The van der Waals surface area contributed by atoms with Crippen molar-refractivity contribution in [2.75, 3.05) is 20.1 Å². The number of rotatable bonds is 6. The summed E-state index contributed by atoms with van der Waals surface area (Å²) in [7, 11) is 1.88. The number of nitrogens with one attached hydrogen (secondary N) is 2. The number of amides is 1. The number of carbonyl (C=O) groups is 1. The number of carbonyl (C=O) groups excluding carboxylic acids is 1. The zero-order valence-corrected chi connectivity index (χ0v) is 12.2. The van der Waals surface area contributed by atoms with Crippen molar-refractivity contribution in [1.29, 1.82) is 0 Å². The van der Waals surface area contributed by atoms with Crippen molar-refractivity contribution >= 4 is 21.8 Å². The summed E-state index contributed by atoms with van der Waals surface area (Å²) in [5, 5.41) is 5.92. The van der Waals surface area contributed by atoms with Gasteiger partial charge in [0.25, 0.3) is 0 Å². The molecule has 1 rings (SSSR count). The van der Waals surface area contributed by atoms with Crippen molar-refractivity contribution in [2.45, 2.75) is 13.3 Å². The van der Waals surface area contributed by atoms with Gasteiger partial charge in [0.15, 0.2) is 0 Å². The lowest BCUT2D eigenvalue weighted by atomic mass is 10.1. The maximum absolute atomic E-state index is 13.0. The van der Waals surface area contributed by atoms with Crippen LogP contribution in [0.1, 0.15) is 12.5 Å². The van der Waals surface area contributed by atoms with Crippen LogP contribution in [-0.2, 0) is 11.2 Å². The SMILES string of the molecule is CNC[C@@H](C)CNC(=O)Cc1ccc(F)c(Br)c1. The molecule has 0 saturated carbocycles. The molecule has 0 aliphatic rings. The van der Waals surface area contributed by atoms with Gasteiger partial charge in [0.1, 0.15) is 5.82 Å². The third-order valence-electron chi connectivity index (χ3n) is 2.55. The van der Waals surface area contributed by atoms with Crippen LogP contribution in [0.15, 0.2) is 22.7 Å². The minimum atomic E-state index is -0.318. The van der Waals surface area contributed by atoms with Crippen molar-refractivity contribution in [3.8, 4) is 0 Å². The molecule has 5 heteroatoms. The van der Waals surface area contributed by atoms with Gasteiger partial charge in [-0.25, -0.2) is 4.39 Å². The highest BCUT2D eigenvalue weighted by Gasteiger charge is 2.07. The van der Waals surface area contributed by atoms with Crippen molar-refractivity contribution in [1.82, 2.24) is 10.6 Å². The van der Waals surface area contributed by atoms with Gasteiger partial charge in [0.05, 0.1) is 10.9 Å². The molecule has 0 unspecified atom stereocenters. The van der Waals surface area contributed by atoms with Gasteiger partial charge in [-0.05, 0) is 53.1 Å². The van der Waals surface area contributed by atoms with E-state index in [0.717, 1.165) is 12.1 Å². The number of hydrogen-bond acceptors (Lipinski definition) is 2. The van der Waals surface area contributed by atoms with Crippen molar-refractivity contribution in [2.24, 2.45) is 5.92 Å². The van der Waals surface area contributed by atoms with Gasteiger partial charge in [-0.3, -0.25) is 4.79 Å². The van der Waals surface area contributed by atoms with Crippen LogP contribution in [-0.4, -0.2) is 26.0 Å². The predicted molar refractivity (Wildman–Crippen MR) is 73.9 cm³/mol. The second-order valence-electron chi connectivity index (χ2n) is 4.39. The maximum atomic E-state index is 13.0. The highest BCUT2D eigenvalue weighted by Crippen LogP contribution is 2.17. The minimum absolute atomic E-state index is 0.0449. The minimum Gasteiger partial charge on any atom is -0.355 e. The van der Waals surface area contributed by atoms with E-state index in [1.54, 1.807) is 12.1 Å². The van der Waals surface area contributed by atoms with Crippen LogP contribution in [0.4, 0.5) is 4.39 Å². The third-order valence-corrected chi connectivity index (χ3v) is 3.16. The van der Waals surface area contributed by atoms with E-state index in [1.165, 1.54) is 6.07 Å². The van der Waals surface area contributed by atoms with Crippen molar-refractivity contribution < 1.29 is 9.18 Å². The zero-order valence-electron chi connectivity index (χ0n) is 10.6. The van der Waals surface area contributed by atoms with E-state index in [0.29, 0.717) is 16.9 Å². The van der Waals surface area contributed by atoms with Gasteiger partial charge in [-0.2, -0.15) is 0 Å². The van der Waals surface area contributed by atoms with E-state index in [9.17, 15) is 9.18 Å². The molecule has 3 nitrogen and oxygen atoms in total. The Morgan fingerprint density at radius 2 is 2.17 bits per heavy atom. The molecule has 1 aromatic carbocycles. The fourth-order valence-corrected chi connectivity index (χ4v) is 2.03. The Morgan fingerprint density at radius 1 is 1.44 bits per heavy atom. The summed E-state index contributed by atoms with van der Waals surface area (Å²) in [5.74, 6) is 0.0252. The predicted octanol–water partition coefficient (Wildman–Crippen LogP) is 2.10. The summed E-state index contributed by atoms with van der Waals surface area (Å²) in [6, 6.07) is 4.61. The molecule has 0 spiro atoms. The molecule has 0 heterocycles. The van der Waals surface area contributed by atoms with Crippen LogP contribution < -0.4 is 10.6 Å². The first kappa shape index (κ1) is 15.1. The second-order valence-corrected chi connectivity index (χ2v) is 5.25. The van der Waals surface area contributed by atoms with Crippen LogP contribution in [0, 0.1) is 11.7 Å². The highest BCUT2D eigenvalue weighted by molar-refractivity contribution is 9.10. The number of hydrogen-bond donors (Lipinski definition) is 2. The van der Waals surface area contributed by atoms with Gasteiger partial charge in [-0.15, -0.1) is 0 Å². The number of halogens is 2. The van der Waals surface area contributed by atoms with Crippen molar-refractivity contribution in [3.63, 3.8) is 0 Å². The van der Waals surface area contributed by atoms with Crippen LogP contribution in [0.25, 0.3) is 0 Å². The van der Waals surface area contributed by atoms with E-state index >= 15 is 0 Å². The Kier molecular flexibility index (Phi) is 6.29. The fourth-order valence-electron chi connectivity index (χ4n) is 1.61. The molecule has 100 valence electrons. The molecule has 0 bridgehead atoms. The smallest absolute Gasteiger partial charge is 0.224 e. The van der Waals surface area contributed by atoms with E-state index in [-0.39, 0.29) is 18.1 Å². The molecule has 2 N–H and O–H groups in total. The lowest BCUT2D eigenvalue weighted by Crippen LogP contribution is -2.33. The first-order valence-electron chi connectivity index (χ1n) is 5.88. The Labute approximate surface area is 115 Å². The van der Waals surface area contributed by atoms with Gasteiger partial charge in [-0.1, -0.05) is 13.0 Å². The van der Waals surface area contributed by atoms with Crippen LogP contribution in [0.3, 0.4) is 0 Å². The summed E-state index contributed by atoms with van der Waals surface area (Å²) >= 11 is 3.10. The average Bonchev–Trinajstić information content (AvgIpc) is 2.32. The normalized spacial score (nSPS) is 12.2.